The lowest BCUT2D eigenvalue weighted by atomic mass is 10.1. The molecule has 0 saturated heterocycles. The second-order valence-corrected chi connectivity index (χ2v) is 7.62. The Kier molecular flexibility index (Phi) is 5.64. The highest BCUT2D eigenvalue weighted by molar-refractivity contribution is 7.16. The summed E-state index contributed by atoms with van der Waals surface area (Å²) in [4.78, 5) is 38.7. The molecular weight excluding hydrogens is 414 g/mol. The van der Waals surface area contributed by atoms with Crippen LogP contribution < -0.4 is 10.9 Å². The van der Waals surface area contributed by atoms with Crippen LogP contribution in [0.4, 0.5) is 5.00 Å². The Balaban J connectivity index is 1.89. The molecule has 0 fully saturated rings. The number of hydrogen-bond donors (Lipinski definition) is 1. The molecule has 0 bridgehead atoms. The van der Waals surface area contributed by atoms with Crippen LogP contribution in [0.5, 0.6) is 0 Å². The number of carbonyl (C=O) groups is 2. The number of aryl methyl sites for hydroxylation is 1. The van der Waals surface area contributed by atoms with Crippen molar-refractivity contribution in [1.82, 2.24) is 9.78 Å². The molecule has 2 aromatic carbocycles. The van der Waals surface area contributed by atoms with Gasteiger partial charge in [0.1, 0.15) is 5.00 Å². The van der Waals surface area contributed by atoms with Crippen LogP contribution in [-0.4, -0.2) is 28.3 Å². The summed E-state index contributed by atoms with van der Waals surface area (Å²) in [6.45, 7) is 3.71. The first kappa shape index (κ1) is 20.5. The quantitative estimate of drug-likeness (QED) is 0.477. The lowest BCUT2D eigenvalue weighted by Gasteiger charge is -2.10. The lowest BCUT2D eigenvalue weighted by Crippen LogP contribution is -2.25. The number of benzene rings is 2. The molecule has 2 heterocycles. The second-order valence-electron chi connectivity index (χ2n) is 6.74. The predicted molar refractivity (Wildman–Crippen MR) is 120 cm³/mol. The van der Waals surface area contributed by atoms with E-state index in [0.717, 1.165) is 10.2 Å². The zero-order chi connectivity index (χ0) is 22.0. The number of carbonyl (C=O) groups excluding carboxylic acids is 2. The number of amides is 1. The van der Waals surface area contributed by atoms with E-state index in [2.05, 4.69) is 10.4 Å². The molecule has 4 aromatic rings. The summed E-state index contributed by atoms with van der Waals surface area (Å²) in [6.07, 6.45) is 0. The minimum atomic E-state index is -0.633. The summed E-state index contributed by atoms with van der Waals surface area (Å²) in [5.41, 5.74) is 1.41. The summed E-state index contributed by atoms with van der Waals surface area (Å²) in [6, 6.07) is 16.0. The highest BCUT2D eigenvalue weighted by Gasteiger charge is 2.23. The molecule has 2 aromatic heterocycles. The van der Waals surface area contributed by atoms with Gasteiger partial charge in [-0.3, -0.25) is 9.59 Å². The number of ether oxygens (including phenoxy) is 1. The number of fused-ring (bicyclic) bond motifs is 1. The molecule has 0 saturated carbocycles. The average molecular weight is 433 g/mol. The van der Waals surface area contributed by atoms with Gasteiger partial charge in [0, 0.05) is 16.3 Å². The maximum Gasteiger partial charge on any atom is 0.359 e. The van der Waals surface area contributed by atoms with Crippen molar-refractivity contribution in [1.29, 1.82) is 0 Å². The minimum Gasteiger partial charge on any atom is -0.461 e. The average Bonchev–Trinajstić information content (AvgIpc) is 3.19. The summed E-state index contributed by atoms with van der Waals surface area (Å²) in [5, 5.41) is 9.66. The van der Waals surface area contributed by atoms with Gasteiger partial charge in [-0.25, -0.2) is 4.79 Å². The van der Waals surface area contributed by atoms with Gasteiger partial charge < -0.3 is 10.1 Å². The third-order valence-electron chi connectivity index (χ3n) is 4.74. The van der Waals surface area contributed by atoms with E-state index in [9.17, 15) is 14.4 Å². The molecule has 8 heteroatoms. The molecule has 7 nitrogen and oxygen atoms in total. The number of para-hydroxylation sites is 1. The Hall–Kier alpha value is -3.78. The third kappa shape index (κ3) is 3.85. The Labute approximate surface area is 181 Å². The van der Waals surface area contributed by atoms with Crippen LogP contribution in [0.1, 0.15) is 33.3 Å². The SMILES string of the molecule is CCOC(=O)c1nn(-c2ccccc2)c(=O)c2c(NC(=O)c3ccccc3C)scc12. The van der Waals surface area contributed by atoms with Crippen molar-refractivity contribution in [3.8, 4) is 5.69 Å². The molecule has 31 heavy (non-hydrogen) atoms. The first-order chi connectivity index (χ1) is 15.0. The molecule has 1 amide bonds. The molecule has 156 valence electrons. The van der Waals surface area contributed by atoms with Crippen LogP contribution in [0.3, 0.4) is 0 Å². The Bertz CT molecular complexity index is 1340. The number of nitrogens with zero attached hydrogens (tertiary/aromatic N) is 2. The van der Waals surface area contributed by atoms with Crippen LogP contribution in [-0.2, 0) is 4.74 Å². The van der Waals surface area contributed by atoms with Crippen LogP contribution in [0, 0.1) is 6.92 Å². The van der Waals surface area contributed by atoms with Crippen molar-refractivity contribution < 1.29 is 14.3 Å². The zero-order valence-corrected chi connectivity index (χ0v) is 17.7. The van der Waals surface area contributed by atoms with Gasteiger partial charge in [-0.05, 0) is 37.6 Å². The number of hydrogen-bond acceptors (Lipinski definition) is 6. The molecule has 0 spiro atoms. The van der Waals surface area contributed by atoms with E-state index in [4.69, 9.17) is 4.74 Å². The largest absolute Gasteiger partial charge is 0.461 e. The van der Waals surface area contributed by atoms with Crippen LogP contribution >= 0.6 is 11.3 Å². The molecule has 0 unspecified atom stereocenters. The van der Waals surface area contributed by atoms with Gasteiger partial charge in [-0.1, -0.05) is 36.4 Å². The number of nitrogens with one attached hydrogen (secondary N) is 1. The fourth-order valence-corrected chi connectivity index (χ4v) is 4.17. The molecule has 1 N–H and O–H groups in total. The van der Waals surface area contributed by atoms with E-state index < -0.39 is 11.5 Å². The lowest BCUT2D eigenvalue weighted by molar-refractivity contribution is 0.0520. The zero-order valence-electron chi connectivity index (χ0n) is 16.9. The van der Waals surface area contributed by atoms with Crippen LogP contribution in [0.25, 0.3) is 16.5 Å². The Morgan fingerprint density at radius 3 is 2.52 bits per heavy atom. The summed E-state index contributed by atoms with van der Waals surface area (Å²) in [5.74, 6) is -0.964. The van der Waals surface area contributed by atoms with Crippen LogP contribution in [0.15, 0.2) is 64.8 Å². The number of aromatic nitrogens is 2. The van der Waals surface area contributed by atoms with Crippen molar-refractivity contribution >= 4 is 39.0 Å². The summed E-state index contributed by atoms with van der Waals surface area (Å²) >= 11 is 1.17. The van der Waals surface area contributed by atoms with Crippen molar-refractivity contribution in [2.24, 2.45) is 0 Å². The Morgan fingerprint density at radius 1 is 1.10 bits per heavy atom. The van der Waals surface area contributed by atoms with Gasteiger partial charge in [-0.15, -0.1) is 11.3 Å². The molecule has 0 aliphatic heterocycles. The van der Waals surface area contributed by atoms with Gasteiger partial charge in [0.05, 0.1) is 17.7 Å². The molecule has 0 atom stereocenters. The third-order valence-corrected chi connectivity index (χ3v) is 5.63. The number of anilines is 1. The molecule has 0 aliphatic carbocycles. The van der Waals surface area contributed by atoms with E-state index in [1.165, 1.54) is 11.3 Å². The van der Waals surface area contributed by atoms with Crippen molar-refractivity contribution in [2.75, 3.05) is 11.9 Å². The molecule has 0 aliphatic rings. The second kappa shape index (κ2) is 8.53. The van der Waals surface area contributed by atoms with Gasteiger partial charge in [0.25, 0.3) is 11.5 Å². The topological polar surface area (TPSA) is 90.3 Å². The molecular formula is C23H19N3O4S. The maximum atomic E-state index is 13.3. The fraction of sp³-hybridized carbons (Fsp3) is 0.130. The van der Waals surface area contributed by atoms with Gasteiger partial charge in [0.2, 0.25) is 0 Å². The van der Waals surface area contributed by atoms with E-state index in [1.807, 2.05) is 25.1 Å². The normalized spacial score (nSPS) is 10.8. The standard InChI is InChI=1S/C23H19N3O4S/c1-3-30-23(29)19-17-13-31-21(24-20(27)16-12-8-7-9-14(16)2)18(17)22(28)26(25-19)15-10-5-4-6-11-15/h4-13H,3H2,1-2H3,(H,24,27). The first-order valence-corrected chi connectivity index (χ1v) is 10.5. The Morgan fingerprint density at radius 2 is 1.81 bits per heavy atom. The number of thiophene rings is 1. The summed E-state index contributed by atoms with van der Waals surface area (Å²) in [7, 11) is 0. The van der Waals surface area contributed by atoms with E-state index in [1.54, 1.807) is 48.7 Å². The highest BCUT2D eigenvalue weighted by atomic mass is 32.1. The summed E-state index contributed by atoms with van der Waals surface area (Å²) < 4.78 is 6.30. The van der Waals surface area contributed by atoms with E-state index in [0.29, 0.717) is 21.6 Å². The number of rotatable bonds is 5. The van der Waals surface area contributed by atoms with Crippen molar-refractivity contribution in [3.05, 3.63) is 87.2 Å². The first-order valence-electron chi connectivity index (χ1n) is 9.65. The molecule has 4 rings (SSSR count). The van der Waals surface area contributed by atoms with Gasteiger partial charge in [0.15, 0.2) is 5.69 Å². The maximum absolute atomic E-state index is 13.3. The van der Waals surface area contributed by atoms with E-state index >= 15 is 0 Å². The van der Waals surface area contributed by atoms with Crippen molar-refractivity contribution in [2.45, 2.75) is 13.8 Å². The van der Waals surface area contributed by atoms with Crippen LogP contribution in [0.2, 0.25) is 0 Å². The smallest absolute Gasteiger partial charge is 0.359 e. The van der Waals surface area contributed by atoms with Gasteiger partial charge in [-0.2, -0.15) is 9.78 Å². The predicted octanol–water partition coefficient (Wildman–Crippen LogP) is 4.18. The highest BCUT2D eigenvalue weighted by Crippen LogP contribution is 2.31. The minimum absolute atomic E-state index is 0.0212. The van der Waals surface area contributed by atoms with E-state index in [-0.39, 0.29) is 23.6 Å². The monoisotopic (exact) mass is 433 g/mol. The van der Waals surface area contributed by atoms with Gasteiger partial charge >= 0.3 is 5.97 Å². The van der Waals surface area contributed by atoms with Crippen molar-refractivity contribution in [3.63, 3.8) is 0 Å². The fourth-order valence-electron chi connectivity index (χ4n) is 3.23. The number of esters is 1. The molecule has 0 radical (unpaired) electrons.